The van der Waals surface area contributed by atoms with Gasteiger partial charge in [-0.3, -0.25) is 14.5 Å². The van der Waals surface area contributed by atoms with Crippen molar-refractivity contribution in [1.29, 1.82) is 0 Å². The first-order valence-corrected chi connectivity index (χ1v) is 9.00. The third-order valence-electron chi connectivity index (χ3n) is 4.28. The van der Waals surface area contributed by atoms with Crippen molar-refractivity contribution >= 4 is 23.3 Å². The first kappa shape index (κ1) is 18.7. The number of hydrogen-bond donors (Lipinski definition) is 1. The normalized spacial score (nSPS) is 18.5. The van der Waals surface area contributed by atoms with Crippen molar-refractivity contribution in [2.24, 2.45) is 0 Å². The Kier molecular flexibility index (Phi) is 5.30. The second-order valence-electron chi connectivity index (χ2n) is 6.33. The lowest BCUT2D eigenvalue weighted by Crippen LogP contribution is -2.61. The largest absolute Gasteiger partial charge is 0.494 e. The van der Waals surface area contributed by atoms with E-state index in [0.29, 0.717) is 36.2 Å². The van der Waals surface area contributed by atoms with Crippen LogP contribution in [0.15, 0.2) is 42.6 Å². The Labute approximate surface area is 158 Å². The van der Waals surface area contributed by atoms with Crippen molar-refractivity contribution in [2.75, 3.05) is 23.4 Å². The number of anilines is 2. The Balaban J connectivity index is 1.85. The van der Waals surface area contributed by atoms with Gasteiger partial charge in [-0.1, -0.05) is 6.92 Å². The quantitative estimate of drug-likeness (QED) is 0.792. The van der Waals surface area contributed by atoms with Crippen LogP contribution in [0.25, 0.3) is 0 Å². The molecule has 0 radical (unpaired) electrons. The fraction of sp³-hybridized carbons (Fsp3) is 0.350. The maximum atomic E-state index is 13.1. The Morgan fingerprint density at radius 1 is 1.26 bits per heavy atom. The Hall–Kier alpha value is -3.09. The number of rotatable bonds is 6. The van der Waals surface area contributed by atoms with Gasteiger partial charge in [0, 0.05) is 18.4 Å². The van der Waals surface area contributed by atoms with Crippen LogP contribution in [0.4, 0.5) is 11.5 Å². The first-order valence-electron chi connectivity index (χ1n) is 9.00. The summed E-state index contributed by atoms with van der Waals surface area (Å²) in [6.45, 7) is 6.36. The van der Waals surface area contributed by atoms with Gasteiger partial charge in [-0.2, -0.15) is 0 Å². The maximum absolute atomic E-state index is 13.1. The zero-order valence-electron chi connectivity index (χ0n) is 15.7. The van der Waals surface area contributed by atoms with Crippen molar-refractivity contribution < 1.29 is 19.1 Å². The highest BCUT2D eigenvalue weighted by Crippen LogP contribution is 2.36. The summed E-state index contributed by atoms with van der Waals surface area (Å²) in [6, 6.07) is 10.4. The van der Waals surface area contributed by atoms with Crippen LogP contribution < -0.4 is 19.7 Å². The molecular formula is C20H23N3O4. The van der Waals surface area contributed by atoms with E-state index >= 15 is 0 Å². The van der Waals surface area contributed by atoms with Gasteiger partial charge in [-0.25, -0.2) is 4.98 Å². The van der Waals surface area contributed by atoms with Crippen molar-refractivity contribution in [1.82, 2.24) is 4.98 Å². The van der Waals surface area contributed by atoms with Gasteiger partial charge in [-0.05, 0) is 56.7 Å². The summed E-state index contributed by atoms with van der Waals surface area (Å²) in [6.07, 6.45) is 2.33. The lowest BCUT2D eigenvalue weighted by Gasteiger charge is -2.38. The summed E-state index contributed by atoms with van der Waals surface area (Å²) < 4.78 is 11.2. The highest BCUT2D eigenvalue weighted by atomic mass is 16.5. The molecular weight excluding hydrogens is 346 g/mol. The molecule has 2 aromatic rings. The number of fused-ring (bicyclic) bond motifs is 1. The molecule has 2 heterocycles. The molecule has 1 aromatic carbocycles. The first-order chi connectivity index (χ1) is 13.0. The van der Waals surface area contributed by atoms with E-state index in [4.69, 9.17) is 9.47 Å². The van der Waals surface area contributed by atoms with Crippen molar-refractivity contribution in [2.45, 2.75) is 32.8 Å². The van der Waals surface area contributed by atoms with Crippen molar-refractivity contribution in [3.8, 4) is 11.5 Å². The molecule has 1 aliphatic rings. The number of ether oxygens (including phenoxy) is 2. The molecule has 2 amide bonds. The highest BCUT2D eigenvalue weighted by molar-refractivity contribution is 6.19. The molecule has 7 nitrogen and oxygen atoms in total. The topological polar surface area (TPSA) is 80.8 Å². The molecule has 0 unspecified atom stereocenters. The average Bonchev–Trinajstić information content (AvgIpc) is 2.67. The molecule has 0 bridgehead atoms. The number of carbonyl (C=O) groups is 2. The van der Waals surface area contributed by atoms with Crippen LogP contribution in [0, 0.1) is 0 Å². The van der Waals surface area contributed by atoms with E-state index in [1.165, 1.54) is 11.8 Å². The van der Waals surface area contributed by atoms with E-state index in [-0.39, 0.29) is 0 Å². The van der Waals surface area contributed by atoms with Gasteiger partial charge < -0.3 is 14.8 Å². The Bertz CT molecular complexity index is 837. The second-order valence-corrected chi connectivity index (χ2v) is 6.33. The molecule has 0 fully saturated rings. The van der Waals surface area contributed by atoms with Gasteiger partial charge in [0.05, 0.1) is 6.61 Å². The number of benzene rings is 1. The Morgan fingerprint density at radius 2 is 2.00 bits per heavy atom. The van der Waals surface area contributed by atoms with Crippen LogP contribution >= 0.6 is 0 Å². The minimum absolute atomic E-state index is 0.412. The molecule has 142 valence electrons. The minimum Gasteiger partial charge on any atom is -0.494 e. The van der Waals surface area contributed by atoms with Gasteiger partial charge in [0.1, 0.15) is 5.75 Å². The zero-order valence-corrected chi connectivity index (χ0v) is 15.7. The summed E-state index contributed by atoms with van der Waals surface area (Å²) in [5.41, 5.74) is -1.12. The molecule has 0 saturated carbocycles. The maximum Gasteiger partial charge on any atom is 0.282 e. The Morgan fingerprint density at radius 3 is 2.67 bits per heavy atom. The number of pyridine rings is 1. The number of carbonyl (C=O) groups excluding carboxylic acids is 2. The summed E-state index contributed by atoms with van der Waals surface area (Å²) in [4.78, 5) is 31.7. The van der Waals surface area contributed by atoms with Gasteiger partial charge >= 0.3 is 0 Å². The number of aromatic nitrogens is 1. The number of nitrogens with one attached hydrogen (secondary N) is 1. The standard InChI is InChI=1S/C20H23N3O4/c1-4-13-23-17-16(7-6-12-21-17)27-20(3,19(23)25)18(24)22-14-8-10-15(11-9-14)26-5-2/h6-12H,4-5,13H2,1-3H3,(H,22,24)/t20-/m1/s1. The van der Waals surface area contributed by atoms with Gasteiger partial charge in [0.2, 0.25) is 0 Å². The van der Waals surface area contributed by atoms with E-state index < -0.39 is 17.4 Å². The fourth-order valence-electron chi connectivity index (χ4n) is 2.91. The highest BCUT2D eigenvalue weighted by Gasteiger charge is 2.51. The molecule has 27 heavy (non-hydrogen) atoms. The number of amides is 2. The molecule has 1 N–H and O–H groups in total. The molecule has 0 saturated heterocycles. The lowest BCUT2D eigenvalue weighted by molar-refractivity contribution is -0.145. The molecule has 7 heteroatoms. The van der Waals surface area contributed by atoms with E-state index in [0.717, 1.165) is 6.42 Å². The summed E-state index contributed by atoms with van der Waals surface area (Å²) in [5.74, 6) is 0.595. The van der Waals surface area contributed by atoms with Gasteiger partial charge in [0.25, 0.3) is 17.4 Å². The monoisotopic (exact) mass is 369 g/mol. The predicted octanol–water partition coefficient (Wildman–Crippen LogP) is 3.01. The van der Waals surface area contributed by atoms with E-state index in [1.54, 1.807) is 42.6 Å². The van der Waals surface area contributed by atoms with Crippen LogP contribution in [-0.4, -0.2) is 35.6 Å². The number of hydrogen-bond acceptors (Lipinski definition) is 5. The van der Waals surface area contributed by atoms with Crippen molar-refractivity contribution in [3.63, 3.8) is 0 Å². The molecule has 0 spiro atoms. The molecule has 0 aliphatic carbocycles. The van der Waals surface area contributed by atoms with Crippen LogP contribution in [0.1, 0.15) is 27.2 Å². The summed E-state index contributed by atoms with van der Waals surface area (Å²) in [5, 5.41) is 2.76. The lowest BCUT2D eigenvalue weighted by atomic mass is 10.0. The fourth-order valence-corrected chi connectivity index (χ4v) is 2.91. The molecule has 3 rings (SSSR count). The second kappa shape index (κ2) is 7.65. The van der Waals surface area contributed by atoms with Gasteiger partial charge in [-0.15, -0.1) is 0 Å². The van der Waals surface area contributed by atoms with E-state index in [9.17, 15) is 9.59 Å². The molecule has 1 aliphatic heterocycles. The smallest absolute Gasteiger partial charge is 0.282 e. The van der Waals surface area contributed by atoms with Gasteiger partial charge in [0.15, 0.2) is 11.6 Å². The zero-order chi connectivity index (χ0) is 19.4. The van der Waals surface area contributed by atoms with Crippen molar-refractivity contribution in [3.05, 3.63) is 42.6 Å². The van der Waals surface area contributed by atoms with E-state index in [1.807, 2.05) is 13.8 Å². The van der Waals surface area contributed by atoms with E-state index in [2.05, 4.69) is 10.3 Å². The summed E-state index contributed by atoms with van der Waals surface area (Å²) >= 11 is 0. The third kappa shape index (κ3) is 3.58. The van der Waals surface area contributed by atoms with Crippen LogP contribution in [0.3, 0.4) is 0 Å². The minimum atomic E-state index is -1.68. The average molecular weight is 369 g/mol. The number of nitrogens with zero attached hydrogens (tertiary/aromatic N) is 2. The summed E-state index contributed by atoms with van der Waals surface area (Å²) in [7, 11) is 0. The van der Waals surface area contributed by atoms with Crippen LogP contribution in [-0.2, 0) is 9.59 Å². The molecule has 1 aromatic heterocycles. The SMILES string of the molecule is CCCN1C(=O)[C@@](C)(C(=O)Nc2ccc(OCC)cc2)Oc2cccnc21. The molecule has 1 atom stereocenters. The predicted molar refractivity (Wildman–Crippen MR) is 102 cm³/mol. The third-order valence-corrected chi connectivity index (χ3v) is 4.28. The van der Waals surface area contributed by atoms with Crippen LogP contribution in [0.5, 0.6) is 11.5 Å². The van der Waals surface area contributed by atoms with Crippen LogP contribution in [0.2, 0.25) is 0 Å².